The quantitative estimate of drug-likeness (QED) is 0.520. The van der Waals surface area contributed by atoms with Gasteiger partial charge in [-0.05, 0) is 35.9 Å². The van der Waals surface area contributed by atoms with E-state index in [0.717, 1.165) is 10.0 Å². The van der Waals surface area contributed by atoms with Gasteiger partial charge in [0.2, 0.25) is 0 Å². The lowest BCUT2D eigenvalue weighted by atomic mass is 10.1. The number of fused-ring (bicyclic) bond motifs is 1. The molecule has 1 aromatic heterocycles. The van der Waals surface area contributed by atoms with Gasteiger partial charge in [0.1, 0.15) is 11.9 Å². The van der Waals surface area contributed by atoms with E-state index in [1.54, 1.807) is 24.3 Å². The normalized spacial score (nSPS) is 10.3. The molecular formula is C17H11BrN4O2. The molecule has 3 aromatic rings. The molecule has 7 heteroatoms. The van der Waals surface area contributed by atoms with Gasteiger partial charge in [0, 0.05) is 15.5 Å². The van der Waals surface area contributed by atoms with Crippen LogP contribution in [-0.2, 0) is 6.42 Å². The van der Waals surface area contributed by atoms with Crippen LogP contribution in [0.4, 0.5) is 17.1 Å². The fourth-order valence-corrected chi connectivity index (χ4v) is 2.73. The van der Waals surface area contributed by atoms with Crippen LogP contribution >= 0.6 is 15.9 Å². The van der Waals surface area contributed by atoms with Crippen molar-refractivity contribution in [1.29, 1.82) is 5.26 Å². The minimum absolute atomic E-state index is 0.0956. The molecule has 0 aliphatic carbocycles. The lowest BCUT2D eigenvalue weighted by molar-refractivity contribution is -0.384. The third-order valence-corrected chi connectivity index (χ3v) is 4.01. The third kappa shape index (κ3) is 3.19. The number of nitriles is 1. The number of nitrogens with one attached hydrogen (secondary N) is 1. The Kier molecular flexibility index (Phi) is 4.40. The second kappa shape index (κ2) is 6.64. The van der Waals surface area contributed by atoms with Gasteiger partial charge in [0.05, 0.1) is 22.9 Å². The summed E-state index contributed by atoms with van der Waals surface area (Å²) < 4.78 is 0.810. The summed E-state index contributed by atoms with van der Waals surface area (Å²) in [5, 5.41) is 23.8. The molecule has 0 amide bonds. The van der Waals surface area contributed by atoms with Crippen molar-refractivity contribution in [2.45, 2.75) is 6.42 Å². The molecule has 0 atom stereocenters. The highest BCUT2D eigenvalue weighted by Crippen LogP contribution is 2.35. The van der Waals surface area contributed by atoms with Crippen LogP contribution in [0.15, 0.2) is 53.1 Å². The molecule has 0 unspecified atom stereocenters. The Bertz CT molecular complexity index is 965. The number of anilines is 2. The van der Waals surface area contributed by atoms with E-state index < -0.39 is 4.92 Å². The molecule has 0 radical (unpaired) electrons. The van der Waals surface area contributed by atoms with Crippen molar-refractivity contribution >= 4 is 43.9 Å². The first kappa shape index (κ1) is 15.9. The van der Waals surface area contributed by atoms with Gasteiger partial charge >= 0.3 is 5.69 Å². The molecule has 3 rings (SSSR count). The first-order valence-electron chi connectivity index (χ1n) is 7.04. The van der Waals surface area contributed by atoms with E-state index in [4.69, 9.17) is 5.26 Å². The summed E-state index contributed by atoms with van der Waals surface area (Å²) in [7, 11) is 0. The summed E-state index contributed by atoms with van der Waals surface area (Å²) in [4.78, 5) is 15.0. The van der Waals surface area contributed by atoms with Crippen LogP contribution in [0.2, 0.25) is 0 Å². The second-order valence-electron chi connectivity index (χ2n) is 5.09. The Morgan fingerprint density at radius 1 is 1.25 bits per heavy atom. The monoisotopic (exact) mass is 382 g/mol. The Balaban J connectivity index is 2.09. The summed E-state index contributed by atoms with van der Waals surface area (Å²) in [6, 6.07) is 14.7. The number of halogens is 1. The predicted octanol–water partition coefficient (Wildman–Crippen LogP) is 4.72. The van der Waals surface area contributed by atoms with Crippen molar-refractivity contribution in [3.05, 3.63) is 68.8 Å². The summed E-state index contributed by atoms with van der Waals surface area (Å²) in [5.74, 6) is 0. The van der Waals surface area contributed by atoms with E-state index in [-0.39, 0.29) is 5.69 Å². The largest absolute Gasteiger partial charge is 0.349 e. The van der Waals surface area contributed by atoms with Gasteiger partial charge in [-0.25, -0.2) is 4.98 Å². The van der Waals surface area contributed by atoms with Gasteiger partial charge < -0.3 is 5.32 Å². The van der Waals surface area contributed by atoms with E-state index in [2.05, 4.69) is 32.3 Å². The van der Waals surface area contributed by atoms with Crippen molar-refractivity contribution in [1.82, 2.24) is 4.98 Å². The molecule has 0 aliphatic heterocycles. The van der Waals surface area contributed by atoms with Crippen LogP contribution in [0.5, 0.6) is 0 Å². The average molecular weight is 383 g/mol. The zero-order valence-electron chi connectivity index (χ0n) is 12.4. The Labute approximate surface area is 146 Å². The number of aromatic nitrogens is 1. The Morgan fingerprint density at radius 3 is 2.67 bits per heavy atom. The van der Waals surface area contributed by atoms with E-state index >= 15 is 0 Å². The van der Waals surface area contributed by atoms with Gasteiger partial charge in [0.15, 0.2) is 0 Å². The van der Waals surface area contributed by atoms with Gasteiger partial charge in [-0.3, -0.25) is 10.1 Å². The molecular weight excluding hydrogens is 372 g/mol. The van der Waals surface area contributed by atoms with Gasteiger partial charge in [0.25, 0.3) is 0 Å². The van der Waals surface area contributed by atoms with E-state index in [1.807, 2.05) is 18.2 Å². The standard InChI is InChI=1S/C17H11BrN4O2/c18-12-3-6-15-14(9-12)17(16(10-20-15)22(23)24)21-13-4-1-11(2-5-13)7-8-19/h1-6,9-10H,7H2,(H,20,21). The summed E-state index contributed by atoms with van der Waals surface area (Å²) in [6.07, 6.45) is 1.58. The van der Waals surface area contributed by atoms with Crippen molar-refractivity contribution in [2.24, 2.45) is 0 Å². The number of nitrogens with zero attached hydrogens (tertiary/aromatic N) is 3. The lowest BCUT2D eigenvalue weighted by Gasteiger charge is -2.11. The number of hydrogen-bond donors (Lipinski definition) is 1. The van der Waals surface area contributed by atoms with E-state index in [0.29, 0.717) is 28.7 Å². The fourth-order valence-electron chi connectivity index (χ4n) is 2.37. The van der Waals surface area contributed by atoms with Gasteiger partial charge in [-0.1, -0.05) is 28.1 Å². The Morgan fingerprint density at radius 2 is 2.00 bits per heavy atom. The SMILES string of the molecule is N#CCc1ccc(Nc2c([N+](=O)[O-])cnc3ccc(Br)cc23)cc1. The predicted molar refractivity (Wildman–Crippen MR) is 95.1 cm³/mol. The molecule has 0 saturated heterocycles. The van der Waals surface area contributed by atoms with Crippen LogP contribution in [0.1, 0.15) is 5.56 Å². The van der Waals surface area contributed by atoms with Crippen LogP contribution in [0, 0.1) is 21.4 Å². The van der Waals surface area contributed by atoms with Gasteiger partial charge in [-0.2, -0.15) is 5.26 Å². The van der Waals surface area contributed by atoms with Crippen LogP contribution in [0.3, 0.4) is 0 Å². The maximum absolute atomic E-state index is 11.4. The highest BCUT2D eigenvalue weighted by Gasteiger charge is 2.18. The third-order valence-electron chi connectivity index (χ3n) is 3.51. The molecule has 0 saturated carbocycles. The average Bonchev–Trinajstić information content (AvgIpc) is 2.57. The smallest absolute Gasteiger partial charge is 0.311 e. The van der Waals surface area contributed by atoms with Crippen molar-refractivity contribution in [3.63, 3.8) is 0 Å². The van der Waals surface area contributed by atoms with Crippen molar-refractivity contribution in [2.75, 3.05) is 5.32 Å². The van der Waals surface area contributed by atoms with Crippen LogP contribution < -0.4 is 5.32 Å². The van der Waals surface area contributed by atoms with Crippen LogP contribution in [-0.4, -0.2) is 9.91 Å². The first-order valence-corrected chi connectivity index (χ1v) is 7.83. The summed E-state index contributed by atoms with van der Waals surface area (Å²) in [5.41, 5.74) is 2.54. The van der Waals surface area contributed by atoms with Crippen LogP contribution in [0.25, 0.3) is 10.9 Å². The molecule has 24 heavy (non-hydrogen) atoms. The topological polar surface area (TPSA) is 91.8 Å². The number of benzene rings is 2. The fraction of sp³-hybridized carbons (Fsp3) is 0.0588. The number of rotatable bonds is 4. The minimum Gasteiger partial charge on any atom is -0.349 e. The molecule has 1 N–H and O–H groups in total. The molecule has 118 valence electrons. The summed E-state index contributed by atoms with van der Waals surface area (Å²) in [6.45, 7) is 0. The zero-order valence-corrected chi connectivity index (χ0v) is 13.9. The number of nitro groups is 1. The molecule has 1 heterocycles. The highest BCUT2D eigenvalue weighted by atomic mass is 79.9. The molecule has 0 bridgehead atoms. The van der Waals surface area contributed by atoms with E-state index in [9.17, 15) is 10.1 Å². The number of pyridine rings is 1. The molecule has 2 aromatic carbocycles. The lowest BCUT2D eigenvalue weighted by Crippen LogP contribution is -1.99. The summed E-state index contributed by atoms with van der Waals surface area (Å²) >= 11 is 3.38. The molecule has 6 nitrogen and oxygen atoms in total. The zero-order chi connectivity index (χ0) is 17.1. The van der Waals surface area contributed by atoms with Gasteiger partial charge in [-0.15, -0.1) is 0 Å². The Hall–Kier alpha value is -2.98. The van der Waals surface area contributed by atoms with E-state index in [1.165, 1.54) is 6.20 Å². The maximum atomic E-state index is 11.4. The molecule has 0 aliphatic rings. The highest BCUT2D eigenvalue weighted by molar-refractivity contribution is 9.10. The number of hydrogen-bond acceptors (Lipinski definition) is 5. The molecule has 0 spiro atoms. The maximum Gasteiger partial charge on any atom is 0.311 e. The van der Waals surface area contributed by atoms with Crippen molar-refractivity contribution in [3.8, 4) is 6.07 Å². The molecule has 0 fully saturated rings. The first-order chi connectivity index (χ1) is 11.6. The van der Waals surface area contributed by atoms with Crippen molar-refractivity contribution < 1.29 is 4.92 Å². The second-order valence-corrected chi connectivity index (χ2v) is 6.01. The minimum atomic E-state index is -0.459.